The van der Waals surface area contributed by atoms with Crippen molar-refractivity contribution in [3.05, 3.63) is 89.5 Å². The number of hydrogen-bond donors (Lipinski definition) is 1. The standard InChI is InChI=1S/C34H39N3O5/c1-21(2)25(20-38)37-30-33(41)36(29-22(3)11-8-12-23(29)4)18-10-16-34(30)28(32(37)40)27-26(42-34)15-9-17-35(31(27)39)19-24-13-6-5-7-14-24/h5-16,21,25-28,30,38H,17-20H2,1-4H3/t25-,26-,27+,28-,30?,34-/m0/s1. The molecular weight excluding hydrogens is 530 g/mol. The first kappa shape index (κ1) is 28.4. The van der Waals surface area contributed by atoms with Crippen LogP contribution in [0, 0.1) is 31.6 Å². The fourth-order valence-corrected chi connectivity index (χ4v) is 7.48. The first-order chi connectivity index (χ1) is 20.2. The van der Waals surface area contributed by atoms with Crippen molar-refractivity contribution >= 4 is 23.4 Å². The van der Waals surface area contributed by atoms with E-state index < -0.39 is 35.6 Å². The van der Waals surface area contributed by atoms with Gasteiger partial charge in [0.15, 0.2) is 0 Å². The Kier molecular flexibility index (Phi) is 7.31. The third-order valence-electron chi connectivity index (χ3n) is 9.42. The molecule has 2 aromatic rings. The van der Waals surface area contributed by atoms with Crippen molar-refractivity contribution in [2.24, 2.45) is 17.8 Å². The quantitative estimate of drug-likeness (QED) is 0.539. The van der Waals surface area contributed by atoms with Gasteiger partial charge >= 0.3 is 0 Å². The van der Waals surface area contributed by atoms with E-state index in [1.165, 1.54) is 0 Å². The third kappa shape index (κ3) is 4.31. The van der Waals surface area contributed by atoms with Crippen LogP contribution in [0.25, 0.3) is 0 Å². The number of nitrogens with zero attached hydrogens (tertiary/aromatic N) is 3. The molecule has 2 fully saturated rings. The van der Waals surface area contributed by atoms with Crippen LogP contribution < -0.4 is 4.90 Å². The van der Waals surface area contributed by atoms with Gasteiger partial charge in [-0.2, -0.15) is 0 Å². The van der Waals surface area contributed by atoms with E-state index in [0.717, 1.165) is 22.4 Å². The predicted octanol–water partition coefficient (Wildman–Crippen LogP) is 3.40. The zero-order valence-electron chi connectivity index (χ0n) is 24.6. The number of fused-ring (bicyclic) bond motifs is 2. The topological polar surface area (TPSA) is 90.4 Å². The van der Waals surface area contributed by atoms with Crippen LogP contribution in [0.2, 0.25) is 0 Å². The largest absolute Gasteiger partial charge is 0.394 e. The summed E-state index contributed by atoms with van der Waals surface area (Å²) in [6.07, 6.45) is 6.92. The van der Waals surface area contributed by atoms with Gasteiger partial charge in [-0.1, -0.05) is 86.7 Å². The van der Waals surface area contributed by atoms with Gasteiger partial charge in [0.2, 0.25) is 11.8 Å². The van der Waals surface area contributed by atoms with Gasteiger partial charge in [-0.05, 0) is 36.5 Å². The van der Waals surface area contributed by atoms with Crippen LogP contribution in [0.4, 0.5) is 5.69 Å². The normalized spacial score (nSPS) is 29.5. The van der Waals surface area contributed by atoms with Gasteiger partial charge in [0.1, 0.15) is 11.6 Å². The van der Waals surface area contributed by atoms with Crippen molar-refractivity contribution in [2.45, 2.75) is 58.0 Å². The van der Waals surface area contributed by atoms with Crippen molar-refractivity contribution in [1.82, 2.24) is 9.80 Å². The van der Waals surface area contributed by atoms with Crippen molar-refractivity contribution < 1.29 is 24.2 Å². The molecule has 4 aliphatic heterocycles. The number of ether oxygens (including phenoxy) is 1. The summed E-state index contributed by atoms with van der Waals surface area (Å²) in [5.74, 6) is -2.55. The molecule has 0 aromatic heterocycles. The molecule has 42 heavy (non-hydrogen) atoms. The van der Waals surface area contributed by atoms with Crippen LogP contribution in [0.5, 0.6) is 0 Å². The molecule has 3 amide bonds. The molecule has 0 bridgehead atoms. The Morgan fingerprint density at radius 3 is 2.31 bits per heavy atom. The third-order valence-corrected chi connectivity index (χ3v) is 9.42. The average molecular weight is 570 g/mol. The summed E-state index contributed by atoms with van der Waals surface area (Å²) >= 11 is 0. The maximum atomic E-state index is 14.7. The molecule has 0 aliphatic carbocycles. The molecule has 2 aromatic carbocycles. The second kappa shape index (κ2) is 10.8. The molecule has 8 nitrogen and oxygen atoms in total. The van der Waals surface area contributed by atoms with Crippen LogP contribution in [0.15, 0.2) is 72.8 Å². The van der Waals surface area contributed by atoms with Gasteiger partial charge in [-0.15, -0.1) is 0 Å². The summed E-state index contributed by atoms with van der Waals surface area (Å²) in [7, 11) is 0. The van der Waals surface area contributed by atoms with Crippen LogP contribution in [0.3, 0.4) is 0 Å². The molecule has 4 aliphatic rings. The summed E-state index contributed by atoms with van der Waals surface area (Å²) < 4.78 is 6.79. The lowest BCUT2D eigenvalue weighted by molar-refractivity contribution is -0.148. The molecule has 1 spiro atoms. The van der Waals surface area contributed by atoms with Crippen LogP contribution in [0.1, 0.15) is 30.5 Å². The number of carbonyl (C=O) groups is 3. The summed E-state index contributed by atoms with van der Waals surface area (Å²) in [5.41, 5.74) is 2.37. The fourth-order valence-electron chi connectivity index (χ4n) is 7.48. The highest BCUT2D eigenvalue weighted by molar-refractivity contribution is 6.06. The zero-order valence-corrected chi connectivity index (χ0v) is 24.6. The van der Waals surface area contributed by atoms with Crippen LogP contribution in [-0.4, -0.2) is 76.1 Å². The van der Waals surface area contributed by atoms with Gasteiger partial charge in [0.25, 0.3) is 5.91 Å². The Bertz CT molecular complexity index is 1430. The molecule has 8 heteroatoms. The zero-order chi connectivity index (χ0) is 29.8. The number of carbonyl (C=O) groups excluding carboxylic acids is 3. The van der Waals surface area contributed by atoms with E-state index >= 15 is 0 Å². The maximum absolute atomic E-state index is 14.7. The lowest BCUT2D eigenvalue weighted by Crippen LogP contribution is -2.59. The fraction of sp³-hybridized carbons (Fsp3) is 0.441. The molecule has 1 unspecified atom stereocenters. The van der Waals surface area contributed by atoms with Gasteiger partial charge in [-0.25, -0.2) is 0 Å². The number of anilines is 1. The average Bonchev–Trinajstić information content (AvgIpc) is 3.28. The number of amides is 3. The van der Waals surface area contributed by atoms with Gasteiger partial charge in [0.05, 0.1) is 30.6 Å². The van der Waals surface area contributed by atoms with Crippen molar-refractivity contribution in [3.8, 4) is 0 Å². The number of para-hydroxylation sites is 1. The maximum Gasteiger partial charge on any atom is 0.253 e. The minimum atomic E-state index is -1.34. The highest BCUT2D eigenvalue weighted by Crippen LogP contribution is 2.54. The van der Waals surface area contributed by atoms with Crippen molar-refractivity contribution in [2.75, 3.05) is 24.6 Å². The number of rotatable bonds is 6. The Morgan fingerprint density at radius 1 is 0.929 bits per heavy atom. The number of benzene rings is 2. The molecule has 2 saturated heterocycles. The molecule has 6 rings (SSSR count). The molecule has 0 radical (unpaired) electrons. The smallest absolute Gasteiger partial charge is 0.253 e. The molecule has 1 N–H and O–H groups in total. The van der Waals surface area contributed by atoms with E-state index in [9.17, 15) is 19.5 Å². The Hall–Kier alpha value is -3.75. The molecule has 6 atom stereocenters. The Morgan fingerprint density at radius 2 is 1.64 bits per heavy atom. The highest BCUT2D eigenvalue weighted by Gasteiger charge is 2.72. The number of aryl methyl sites for hydroxylation is 2. The monoisotopic (exact) mass is 569 g/mol. The lowest BCUT2D eigenvalue weighted by Gasteiger charge is -2.40. The number of aliphatic hydroxyl groups is 1. The summed E-state index contributed by atoms with van der Waals surface area (Å²) in [5, 5.41) is 10.5. The van der Waals surface area contributed by atoms with Crippen molar-refractivity contribution in [1.29, 1.82) is 0 Å². The highest BCUT2D eigenvalue weighted by atomic mass is 16.5. The van der Waals surface area contributed by atoms with E-state index in [-0.39, 0.29) is 30.2 Å². The Labute approximate surface area is 247 Å². The van der Waals surface area contributed by atoms with E-state index in [0.29, 0.717) is 19.6 Å². The van der Waals surface area contributed by atoms with Crippen LogP contribution >= 0.6 is 0 Å². The Balaban J connectivity index is 1.46. The second-order valence-electron chi connectivity index (χ2n) is 12.3. The van der Waals surface area contributed by atoms with E-state index in [1.54, 1.807) is 14.7 Å². The van der Waals surface area contributed by atoms with E-state index in [1.807, 2.05) is 101 Å². The van der Waals surface area contributed by atoms with Gasteiger partial charge in [-0.3, -0.25) is 14.4 Å². The molecule has 0 saturated carbocycles. The lowest BCUT2D eigenvalue weighted by atomic mass is 9.77. The summed E-state index contributed by atoms with van der Waals surface area (Å²) in [6.45, 7) is 8.64. The first-order valence-corrected chi connectivity index (χ1v) is 14.8. The summed E-state index contributed by atoms with van der Waals surface area (Å²) in [4.78, 5) is 48.7. The molecule has 220 valence electrons. The van der Waals surface area contributed by atoms with Crippen LogP contribution in [-0.2, 0) is 25.7 Å². The van der Waals surface area contributed by atoms with Gasteiger partial charge in [0, 0.05) is 25.3 Å². The number of aliphatic hydroxyl groups excluding tert-OH is 1. The van der Waals surface area contributed by atoms with Crippen molar-refractivity contribution in [3.63, 3.8) is 0 Å². The number of likely N-dealkylation sites (tertiary alicyclic amines) is 1. The van der Waals surface area contributed by atoms with E-state index in [2.05, 4.69) is 0 Å². The minimum absolute atomic E-state index is 0.126. The predicted molar refractivity (Wildman–Crippen MR) is 159 cm³/mol. The van der Waals surface area contributed by atoms with E-state index in [4.69, 9.17) is 4.74 Å². The first-order valence-electron chi connectivity index (χ1n) is 14.8. The minimum Gasteiger partial charge on any atom is -0.394 e. The molecule has 4 heterocycles. The SMILES string of the molecule is Cc1cccc(C)c1N1CC=C[C@]23O[C@H]4C=CCN(Cc5ccccc5)C(=O)[C@H]4[C@H]2C(=O)N([C@@H](CO)C(C)C)C3C1=O. The molecular formula is C34H39N3O5. The van der Waals surface area contributed by atoms with Gasteiger partial charge < -0.3 is 24.5 Å². The number of hydrogen-bond acceptors (Lipinski definition) is 5. The second-order valence-corrected chi connectivity index (χ2v) is 12.3. The summed E-state index contributed by atoms with van der Waals surface area (Å²) in [6, 6.07) is 14.1.